The van der Waals surface area contributed by atoms with Crippen LogP contribution in [-0.4, -0.2) is 42.4 Å². The van der Waals surface area contributed by atoms with E-state index in [0.717, 1.165) is 35.7 Å². The van der Waals surface area contributed by atoms with Gasteiger partial charge in [-0.25, -0.2) is 0 Å². The van der Waals surface area contributed by atoms with Crippen LogP contribution < -0.4 is 9.47 Å². The highest BCUT2D eigenvalue weighted by atomic mass is 16.5. The van der Waals surface area contributed by atoms with Gasteiger partial charge in [0.2, 0.25) is 5.60 Å². The van der Waals surface area contributed by atoms with Crippen LogP contribution in [0, 0.1) is 23.7 Å². The van der Waals surface area contributed by atoms with E-state index in [0.29, 0.717) is 0 Å². The summed E-state index contributed by atoms with van der Waals surface area (Å²) in [5.41, 5.74) is 1.34. The van der Waals surface area contributed by atoms with E-state index in [1.165, 1.54) is 5.56 Å². The van der Waals surface area contributed by atoms with E-state index >= 15 is 0 Å². The first kappa shape index (κ1) is 21.5. The van der Waals surface area contributed by atoms with E-state index in [1.807, 2.05) is 66.7 Å². The van der Waals surface area contributed by atoms with Crippen molar-refractivity contribution in [2.24, 2.45) is 0 Å². The molecule has 0 aliphatic carbocycles. The highest BCUT2D eigenvalue weighted by molar-refractivity contribution is 5.47. The fourth-order valence-electron chi connectivity index (χ4n) is 3.45. The Hall–Kier alpha value is -3.70. The third kappa shape index (κ3) is 5.31. The van der Waals surface area contributed by atoms with Crippen molar-refractivity contribution in [1.29, 1.82) is 0 Å². The second-order valence-electron chi connectivity index (χ2n) is 7.65. The Morgan fingerprint density at radius 3 is 1.78 bits per heavy atom. The van der Waals surface area contributed by atoms with Gasteiger partial charge in [0.1, 0.15) is 11.5 Å². The van der Waals surface area contributed by atoms with Gasteiger partial charge in [-0.1, -0.05) is 42.2 Å². The molecule has 1 N–H and O–H groups in total. The minimum absolute atomic E-state index is 0.154. The zero-order valence-electron chi connectivity index (χ0n) is 18.2. The molecule has 4 rings (SSSR count). The smallest absolute Gasteiger partial charge is 0.205 e. The summed E-state index contributed by atoms with van der Waals surface area (Å²) in [4.78, 5) is 2.18. The van der Waals surface area contributed by atoms with Crippen molar-refractivity contribution in [3.05, 3.63) is 95.6 Å². The van der Waals surface area contributed by atoms with Crippen molar-refractivity contribution in [1.82, 2.24) is 4.90 Å². The first-order chi connectivity index (χ1) is 15.6. The summed E-state index contributed by atoms with van der Waals surface area (Å²) in [6.45, 7) is 1.49. The second kappa shape index (κ2) is 9.62. The first-order valence-electron chi connectivity index (χ1n) is 10.4. The molecule has 1 aliphatic heterocycles. The lowest BCUT2D eigenvalue weighted by Gasteiger charge is -2.16. The highest BCUT2D eigenvalue weighted by Gasteiger charge is 2.49. The maximum atomic E-state index is 11.5. The fraction of sp³-hybridized carbons (Fsp3) is 0.214. The van der Waals surface area contributed by atoms with Crippen LogP contribution in [0.25, 0.3) is 0 Å². The number of aliphatic hydroxyl groups is 1. The van der Waals surface area contributed by atoms with Gasteiger partial charge in [0, 0.05) is 24.2 Å². The van der Waals surface area contributed by atoms with Gasteiger partial charge in [-0.15, -0.1) is 0 Å². The Bertz CT molecular complexity index is 1100. The van der Waals surface area contributed by atoms with Crippen molar-refractivity contribution < 1.29 is 14.6 Å². The molecule has 4 nitrogen and oxygen atoms in total. The molecule has 4 heteroatoms. The average molecular weight is 424 g/mol. The predicted molar refractivity (Wildman–Crippen MR) is 125 cm³/mol. The fourth-order valence-corrected chi connectivity index (χ4v) is 3.45. The SMILES string of the molecule is COc1ccc(C#CC(O)(C#Cc2ccc(OC)cc2)C2CN2Cc2ccccc2)cc1. The molecule has 1 fully saturated rings. The van der Waals surface area contributed by atoms with Crippen molar-refractivity contribution in [3.63, 3.8) is 0 Å². The topological polar surface area (TPSA) is 41.7 Å². The molecule has 0 amide bonds. The van der Waals surface area contributed by atoms with E-state index in [1.54, 1.807) is 14.2 Å². The zero-order valence-corrected chi connectivity index (χ0v) is 18.2. The molecular weight excluding hydrogens is 398 g/mol. The van der Waals surface area contributed by atoms with Crippen LogP contribution in [-0.2, 0) is 6.54 Å². The van der Waals surface area contributed by atoms with Crippen LogP contribution in [0.5, 0.6) is 11.5 Å². The lowest BCUT2D eigenvalue weighted by Crippen LogP contribution is -2.34. The van der Waals surface area contributed by atoms with Crippen molar-refractivity contribution >= 4 is 0 Å². The molecule has 0 aromatic heterocycles. The summed E-state index contributed by atoms with van der Waals surface area (Å²) in [7, 11) is 3.26. The Kier molecular flexibility index (Phi) is 6.47. The first-order valence-corrected chi connectivity index (χ1v) is 10.4. The van der Waals surface area contributed by atoms with Gasteiger partial charge in [0.25, 0.3) is 0 Å². The number of nitrogens with zero attached hydrogens (tertiary/aromatic N) is 1. The van der Waals surface area contributed by atoms with Crippen LogP contribution in [0.4, 0.5) is 0 Å². The van der Waals surface area contributed by atoms with E-state index in [2.05, 4.69) is 40.7 Å². The molecular formula is C28H25NO3. The lowest BCUT2D eigenvalue weighted by atomic mass is 9.99. The molecule has 1 heterocycles. The van der Waals surface area contributed by atoms with E-state index in [4.69, 9.17) is 9.47 Å². The minimum atomic E-state index is -1.45. The highest BCUT2D eigenvalue weighted by Crippen LogP contribution is 2.31. The van der Waals surface area contributed by atoms with Gasteiger partial charge in [-0.2, -0.15) is 0 Å². The molecule has 3 aromatic carbocycles. The van der Waals surface area contributed by atoms with Crippen molar-refractivity contribution in [2.45, 2.75) is 18.2 Å². The summed E-state index contributed by atoms with van der Waals surface area (Å²) in [5, 5.41) is 11.5. The summed E-state index contributed by atoms with van der Waals surface area (Å²) in [6.07, 6.45) is 0. The van der Waals surface area contributed by atoms with Gasteiger partial charge >= 0.3 is 0 Å². The third-order valence-electron chi connectivity index (χ3n) is 5.40. The molecule has 0 radical (unpaired) electrons. The molecule has 0 saturated carbocycles. The molecule has 2 unspecified atom stereocenters. The van der Waals surface area contributed by atoms with Gasteiger partial charge in [-0.05, 0) is 65.9 Å². The van der Waals surface area contributed by atoms with Crippen molar-refractivity contribution in [3.8, 4) is 35.2 Å². The monoisotopic (exact) mass is 423 g/mol. The Labute approximate surface area is 189 Å². The van der Waals surface area contributed by atoms with Crippen LogP contribution in [0.3, 0.4) is 0 Å². The van der Waals surface area contributed by atoms with E-state index in [-0.39, 0.29) is 6.04 Å². The lowest BCUT2D eigenvalue weighted by molar-refractivity contribution is 0.143. The Morgan fingerprint density at radius 1 is 0.812 bits per heavy atom. The summed E-state index contributed by atoms with van der Waals surface area (Å²) in [6, 6.07) is 25.0. The second-order valence-corrected chi connectivity index (χ2v) is 7.65. The van der Waals surface area contributed by atoms with Gasteiger partial charge in [0.15, 0.2) is 0 Å². The van der Waals surface area contributed by atoms with Crippen LogP contribution in [0.15, 0.2) is 78.9 Å². The summed E-state index contributed by atoms with van der Waals surface area (Å²) < 4.78 is 10.4. The molecule has 0 bridgehead atoms. The number of hydrogen-bond acceptors (Lipinski definition) is 4. The van der Waals surface area contributed by atoms with Gasteiger partial charge in [-0.3, -0.25) is 4.90 Å². The van der Waals surface area contributed by atoms with Gasteiger partial charge in [0.05, 0.1) is 20.3 Å². The maximum absolute atomic E-state index is 11.5. The summed E-state index contributed by atoms with van der Waals surface area (Å²) >= 11 is 0. The molecule has 1 saturated heterocycles. The number of hydrogen-bond donors (Lipinski definition) is 1. The maximum Gasteiger partial charge on any atom is 0.205 e. The molecule has 0 spiro atoms. The minimum Gasteiger partial charge on any atom is -0.497 e. The average Bonchev–Trinajstić information content (AvgIpc) is 3.62. The molecule has 2 atom stereocenters. The standard InChI is InChI=1S/C28H25NO3/c1-31-25-12-8-22(9-13-25)16-18-28(30,19-17-23-10-14-26(32-2)15-11-23)27-21-29(27)20-24-6-4-3-5-7-24/h3-15,27,30H,20-21H2,1-2H3. The largest absolute Gasteiger partial charge is 0.497 e. The molecule has 32 heavy (non-hydrogen) atoms. The summed E-state index contributed by atoms with van der Waals surface area (Å²) in [5.74, 6) is 13.8. The van der Waals surface area contributed by atoms with Crippen LogP contribution in [0.2, 0.25) is 0 Å². The van der Waals surface area contributed by atoms with E-state index < -0.39 is 5.60 Å². The zero-order chi connectivity index (χ0) is 22.4. The number of ether oxygens (including phenoxy) is 2. The van der Waals surface area contributed by atoms with Crippen molar-refractivity contribution in [2.75, 3.05) is 20.8 Å². The van der Waals surface area contributed by atoms with E-state index in [9.17, 15) is 5.11 Å². The number of benzene rings is 3. The third-order valence-corrected chi connectivity index (χ3v) is 5.40. The quantitative estimate of drug-likeness (QED) is 0.502. The van der Waals surface area contributed by atoms with Gasteiger partial charge < -0.3 is 14.6 Å². The Balaban J connectivity index is 1.59. The van der Waals surface area contributed by atoms with Crippen LogP contribution >= 0.6 is 0 Å². The predicted octanol–water partition coefficient (Wildman–Crippen LogP) is 3.72. The number of rotatable bonds is 5. The molecule has 3 aromatic rings. The Morgan fingerprint density at radius 2 is 1.31 bits per heavy atom. The molecule has 160 valence electrons. The van der Waals surface area contributed by atoms with Crippen LogP contribution in [0.1, 0.15) is 16.7 Å². The normalized spacial score (nSPS) is 16.7. The number of methoxy groups -OCH3 is 2. The molecule has 1 aliphatic rings.